The fourth-order valence-corrected chi connectivity index (χ4v) is 8.63. The molecule has 0 aliphatic carbocycles. The van der Waals surface area contributed by atoms with Crippen LogP contribution in [0.5, 0.6) is 0 Å². The molecule has 0 atom stereocenters. The Kier molecular flexibility index (Phi) is 7.53. The van der Waals surface area contributed by atoms with Crippen molar-refractivity contribution in [3.05, 3.63) is 218 Å². The highest BCUT2D eigenvalue weighted by atomic mass is 15.0. The van der Waals surface area contributed by atoms with E-state index in [4.69, 9.17) is 0 Å². The number of hydrogen-bond donors (Lipinski definition) is 0. The van der Waals surface area contributed by atoms with Crippen LogP contribution in [0, 0.1) is 0 Å². The maximum atomic E-state index is 2.40. The molecular formula is C54H36N2. The minimum absolute atomic E-state index is 1.16. The first kappa shape index (κ1) is 32.0. The van der Waals surface area contributed by atoms with Crippen LogP contribution in [0.4, 0.5) is 0 Å². The maximum Gasteiger partial charge on any atom is 0.0547 e. The molecule has 0 amide bonds. The number of aromatic nitrogens is 2. The molecule has 0 bridgehead atoms. The van der Waals surface area contributed by atoms with Gasteiger partial charge in [-0.1, -0.05) is 146 Å². The molecule has 0 aliphatic rings. The molecule has 0 N–H and O–H groups in total. The third-order valence-corrected chi connectivity index (χ3v) is 11.3. The number of hydrogen-bond acceptors (Lipinski definition) is 0. The smallest absolute Gasteiger partial charge is 0.0547 e. The van der Waals surface area contributed by atoms with E-state index in [-0.39, 0.29) is 0 Å². The van der Waals surface area contributed by atoms with E-state index in [1.54, 1.807) is 0 Å². The Bertz CT molecular complexity index is 3210. The van der Waals surface area contributed by atoms with Crippen molar-refractivity contribution >= 4 is 43.6 Å². The van der Waals surface area contributed by atoms with Crippen LogP contribution in [0.2, 0.25) is 0 Å². The van der Waals surface area contributed by atoms with Crippen molar-refractivity contribution < 1.29 is 0 Å². The van der Waals surface area contributed by atoms with Crippen LogP contribution in [0.1, 0.15) is 0 Å². The lowest BCUT2D eigenvalue weighted by atomic mass is 9.92. The molecule has 56 heavy (non-hydrogen) atoms. The molecule has 0 spiro atoms. The SMILES string of the molecule is c1ccc(-c2ccc(-c3cc(-c4ccc5c(c4)c4ccccc4n5-c4ccccc4)cc(-c4ccc5c6ccccc6n(-c6ccccc6)c5c4)c3)cc2)cc1. The van der Waals surface area contributed by atoms with E-state index in [1.807, 2.05) is 0 Å². The van der Waals surface area contributed by atoms with Crippen molar-refractivity contribution in [3.63, 3.8) is 0 Å². The van der Waals surface area contributed by atoms with Crippen molar-refractivity contribution in [1.82, 2.24) is 9.13 Å². The number of para-hydroxylation sites is 4. The monoisotopic (exact) mass is 712 g/mol. The summed E-state index contributed by atoms with van der Waals surface area (Å²) in [6, 6.07) is 79.5. The first-order valence-electron chi connectivity index (χ1n) is 19.3. The van der Waals surface area contributed by atoms with Crippen molar-refractivity contribution in [2.24, 2.45) is 0 Å². The lowest BCUT2D eigenvalue weighted by molar-refractivity contribution is 1.18. The molecule has 262 valence electrons. The third kappa shape index (κ3) is 5.34. The molecule has 2 heteroatoms. The molecule has 0 radical (unpaired) electrons. The second kappa shape index (κ2) is 13.2. The minimum Gasteiger partial charge on any atom is -0.309 e. The second-order valence-corrected chi connectivity index (χ2v) is 14.6. The predicted octanol–water partition coefficient (Wildman–Crippen LogP) is 14.5. The lowest BCUT2D eigenvalue weighted by Gasteiger charge is -2.13. The number of fused-ring (bicyclic) bond motifs is 6. The van der Waals surface area contributed by atoms with E-state index in [0.29, 0.717) is 0 Å². The maximum absolute atomic E-state index is 2.40. The Morgan fingerprint density at radius 1 is 0.196 bits per heavy atom. The zero-order chi connectivity index (χ0) is 37.0. The van der Waals surface area contributed by atoms with Crippen LogP contribution >= 0.6 is 0 Å². The standard InChI is InChI=1S/C54H36N2/c1-4-14-37(15-5-1)38-24-26-39(27-25-38)42-32-43(40-29-31-53-50(35-40)48-21-11-13-23-52(48)55(53)45-16-6-2-7-17-45)34-44(33-42)41-28-30-49-47-20-10-12-22-51(47)56(54(49)36-41)46-18-8-3-9-19-46/h1-36H. The Hall–Kier alpha value is -7.42. The normalized spacial score (nSPS) is 11.6. The van der Waals surface area contributed by atoms with Gasteiger partial charge in [-0.2, -0.15) is 0 Å². The first-order chi connectivity index (χ1) is 27.8. The van der Waals surface area contributed by atoms with Crippen LogP contribution in [0.25, 0.3) is 99.5 Å². The summed E-state index contributed by atoms with van der Waals surface area (Å²) in [5.74, 6) is 0. The van der Waals surface area contributed by atoms with Crippen molar-refractivity contribution in [2.75, 3.05) is 0 Å². The highest BCUT2D eigenvalue weighted by molar-refractivity contribution is 6.11. The zero-order valence-electron chi connectivity index (χ0n) is 30.7. The number of rotatable bonds is 6. The van der Waals surface area contributed by atoms with E-state index in [1.165, 1.54) is 88.1 Å². The first-order valence-corrected chi connectivity index (χ1v) is 19.3. The summed E-state index contributed by atoms with van der Waals surface area (Å²) in [6.07, 6.45) is 0. The number of nitrogens with zero attached hydrogens (tertiary/aromatic N) is 2. The molecule has 0 saturated heterocycles. The van der Waals surface area contributed by atoms with Gasteiger partial charge >= 0.3 is 0 Å². The van der Waals surface area contributed by atoms with E-state index < -0.39 is 0 Å². The van der Waals surface area contributed by atoms with Gasteiger partial charge in [0.2, 0.25) is 0 Å². The van der Waals surface area contributed by atoms with Crippen LogP contribution in [-0.2, 0) is 0 Å². The van der Waals surface area contributed by atoms with Gasteiger partial charge in [-0.05, 0) is 117 Å². The Morgan fingerprint density at radius 2 is 0.571 bits per heavy atom. The molecule has 0 unspecified atom stereocenters. The summed E-state index contributed by atoms with van der Waals surface area (Å²) in [5, 5.41) is 5.00. The van der Waals surface area contributed by atoms with Gasteiger partial charge < -0.3 is 9.13 Å². The number of benzene rings is 9. The molecule has 0 fully saturated rings. The molecular weight excluding hydrogens is 677 g/mol. The summed E-state index contributed by atoms with van der Waals surface area (Å²) in [7, 11) is 0. The molecule has 11 aromatic rings. The highest BCUT2D eigenvalue weighted by Gasteiger charge is 2.17. The van der Waals surface area contributed by atoms with Gasteiger partial charge in [0, 0.05) is 32.9 Å². The Morgan fingerprint density at radius 3 is 1.18 bits per heavy atom. The largest absolute Gasteiger partial charge is 0.309 e. The predicted molar refractivity (Wildman–Crippen MR) is 237 cm³/mol. The van der Waals surface area contributed by atoms with E-state index in [2.05, 4.69) is 228 Å². The van der Waals surface area contributed by atoms with Gasteiger partial charge in [0.1, 0.15) is 0 Å². The van der Waals surface area contributed by atoms with Crippen LogP contribution in [0.15, 0.2) is 218 Å². The van der Waals surface area contributed by atoms with Gasteiger partial charge in [-0.15, -0.1) is 0 Å². The van der Waals surface area contributed by atoms with Gasteiger partial charge in [0.15, 0.2) is 0 Å². The van der Waals surface area contributed by atoms with Crippen molar-refractivity contribution in [2.45, 2.75) is 0 Å². The molecule has 11 rings (SSSR count). The zero-order valence-corrected chi connectivity index (χ0v) is 30.7. The average molecular weight is 713 g/mol. The Balaban J connectivity index is 1.12. The van der Waals surface area contributed by atoms with E-state index >= 15 is 0 Å². The van der Waals surface area contributed by atoms with E-state index in [0.717, 1.165) is 11.4 Å². The van der Waals surface area contributed by atoms with E-state index in [9.17, 15) is 0 Å². The minimum atomic E-state index is 1.16. The van der Waals surface area contributed by atoms with Gasteiger partial charge in [-0.25, -0.2) is 0 Å². The topological polar surface area (TPSA) is 9.86 Å². The molecule has 9 aromatic carbocycles. The second-order valence-electron chi connectivity index (χ2n) is 14.6. The lowest BCUT2D eigenvalue weighted by Crippen LogP contribution is -1.93. The molecule has 0 saturated carbocycles. The van der Waals surface area contributed by atoms with Crippen LogP contribution < -0.4 is 0 Å². The molecule has 2 nitrogen and oxygen atoms in total. The van der Waals surface area contributed by atoms with Gasteiger partial charge in [0.05, 0.1) is 22.1 Å². The summed E-state index contributed by atoms with van der Waals surface area (Å²) in [5.41, 5.74) is 16.7. The van der Waals surface area contributed by atoms with Gasteiger partial charge in [0.25, 0.3) is 0 Å². The summed E-state index contributed by atoms with van der Waals surface area (Å²) >= 11 is 0. The quantitative estimate of drug-likeness (QED) is 0.162. The molecule has 0 aliphatic heterocycles. The van der Waals surface area contributed by atoms with Gasteiger partial charge in [-0.3, -0.25) is 0 Å². The molecule has 2 heterocycles. The highest BCUT2D eigenvalue weighted by Crippen LogP contribution is 2.40. The molecule has 2 aromatic heterocycles. The fourth-order valence-electron chi connectivity index (χ4n) is 8.63. The van der Waals surface area contributed by atoms with Crippen LogP contribution in [-0.4, -0.2) is 9.13 Å². The summed E-state index contributed by atoms with van der Waals surface area (Å²) < 4.78 is 4.78. The summed E-state index contributed by atoms with van der Waals surface area (Å²) in [6.45, 7) is 0. The Labute approximate surface area is 325 Å². The van der Waals surface area contributed by atoms with Crippen molar-refractivity contribution in [1.29, 1.82) is 0 Å². The van der Waals surface area contributed by atoms with Crippen LogP contribution in [0.3, 0.4) is 0 Å². The van der Waals surface area contributed by atoms with Crippen molar-refractivity contribution in [3.8, 4) is 55.9 Å². The average Bonchev–Trinajstić information content (AvgIpc) is 3.79. The summed E-state index contributed by atoms with van der Waals surface area (Å²) in [4.78, 5) is 0. The fraction of sp³-hybridized carbons (Fsp3) is 0. The third-order valence-electron chi connectivity index (χ3n) is 11.3.